The molecule has 3 rings (SSSR count). The minimum absolute atomic E-state index is 0.0283. The highest BCUT2D eigenvalue weighted by Crippen LogP contribution is 2.24. The van der Waals surface area contributed by atoms with E-state index in [1.165, 1.54) is 5.52 Å². The van der Waals surface area contributed by atoms with Crippen LogP contribution >= 0.6 is 0 Å². The fourth-order valence-corrected chi connectivity index (χ4v) is 2.78. The van der Waals surface area contributed by atoms with E-state index >= 15 is 0 Å². The molecule has 0 saturated heterocycles. The zero-order chi connectivity index (χ0) is 16.2. The highest BCUT2D eigenvalue weighted by molar-refractivity contribution is 5.89. The molecule has 0 aliphatic rings. The van der Waals surface area contributed by atoms with Crippen LogP contribution in [-0.2, 0) is 17.8 Å². The van der Waals surface area contributed by atoms with Crippen LogP contribution in [-0.4, -0.2) is 15.5 Å². The van der Waals surface area contributed by atoms with Crippen LogP contribution in [0.2, 0.25) is 0 Å². The highest BCUT2D eigenvalue weighted by Gasteiger charge is 2.13. The number of pyridine rings is 1. The lowest BCUT2D eigenvalue weighted by atomic mass is 10.1. The summed E-state index contributed by atoms with van der Waals surface area (Å²) in [5.41, 5.74) is 3.25. The van der Waals surface area contributed by atoms with Crippen molar-refractivity contribution < 1.29 is 4.79 Å². The van der Waals surface area contributed by atoms with Gasteiger partial charge in [0.05, 0.1) is 6.42 Å². The number of aromatic nitrogens is 2. The first-order valence-electron chi connectivity index (χ1n) is 7.89. The van der Waals surface area contributed by atoms with Crippen LogP contribution in [0.5, 0.6) is 0 Å². The zero-order valence-electron chi connectivity index (χ0n) is 13.5. The Labute approximate surface area is 136 Å². The number of rotatable bonds is 5. The van der Waals surface area contributed by atoms with Crippen LogP contribution in [0.1, 0.15) is 31.0 Å². The number of carbonyl (C=O) groups is 1. The number of para-hydroxylation sites is 1. The number of nitrogens with zero attached hydrogens (tertiary/aromatic N) is 2. The standard InChI is InChI=1S/C19H21N3O/c1-14(2)22-13-16(17-7-3-4-8-18(17)22)10-19(23)21-12-15-6-5-9-20-11-15/h3-9,11,13-14H,10,12H2,1-2H3,(H,21,23). The number of hydrogen-bond donors (Lipinski definition) is 1. The summed E-state index contributed by atoms with van der Waals surface area (Å²) in [6.45, 7) is 4.81. The van der Waals surface area contributed by atoms with Crippen molar-refractivity contribution in [2.24, 2.45) is 0 Å². The Balaban J connectivity index is 1.75. The van der Waals surface area contributed by atoms with Gasteiger partial charge in [-0.3, -0.25) is 9.78 Å². The van der Waals surface area contributed by atoms with Crippen molar-refractivity contribution >= 4 is 16.8 Å². The summed E-state index contributed by atoms with van der Waals surface area (Å²) >= 11 is 0. The van der Waals surface area contributed by atoms with E-state index in [2.05, 4.69) is 47.0 Å². The second kappa shape index (κ2) is 6.65. The molecule has 0 unspecified atom stereocenters. The number of nitrogens with one attached hydrogen (secondary N) is 1. The van der Waals surface area contributed by atoms with E-state index in [0.717, 1.165) is 16.5 Å². The molecule has 0 saturated carbocycles. The smallest absolute Gasteiger partial charge is 0.224 e. The maximum Gasteiger partial charge on any atom is 0.224 e. The van der Waals surface area contributed by atoms with Gasteiger partial charge in [0, 0.05) is 42.1 Å². The van der Waals surface area contributed by atoms with Gasteiger partial charge in [-0.05, 0) is 37.1 Å². The van der Waals surface area contributed by atoms with Gasteiger partial charge in [-0.1, -0.05) is 24.3 Å². The number of amides is 1. The normalized spacial score (nSPS) is 11.1. The van der Waals surface area contributed by atoms with E-state index in [1.54, 1.807) is 12.4 Å². The van der Waals surface area contributed by atoms with E-state index in [0.29, 0.717) is 19.0 Å². The lowest BCUT2D eigenvalue weighted by Gasteiger charge is -2.08. The van der Waals surface area contributed by atoms with Crippen LogP contribution in [0.15, 0.2) is 55.0 Å². The molecule has 118 valence electrons. The molecule has 0 bridgehead atoms. The van der Waals surface area contributed by atoms with E-state index in [9.17, 15) is 4.79 Å². The summed E-state index contributed by atoms with van der Waals surface area (Å²) in [7, 11) is 0. The third-order valence-electron chi connectivity index (χ3n) is 3.94. The topological polar surface area (TPSA) is 46.9 Å². The third-order valence-corrected chi connectivity index (χ3v) is 3.94. The van der Waals surface area contributed by atoms with E-state index in [-0.39, 0.29) is 5.91 Å². The van der Waals surface area contributed by atoms with Gasteiger partial charge in [-0.2, -0.15) is 0 Å². The Hall–Kier alpha value is -2.62. The van der Waals surface area contributed by atoms with Crippen LogP contribution in [0.4, 0.5) is 0 Å². The molecule has 1 amide bonds. The van der Waals surface area contributed by atoms with Gasteiger partial charge in [0.25, 0.3) is 0 Å². The number of hydrogen-bond acceptors (Lipinski definition) is 2. The molecule has 4 heteroatoms. The summed E-state index contributed by atoms with van der Waals surface area (Å²) in [6.07, 6.45) is 5.98. The second-order valence-electron chi connectivity index (χ2n) is 5.99. The molecule has 0 radical (unpaired) electrons. The minimum atomic E-state index is 0.0283. The SMILES string of the molecule is CC(C)n1cc(CC(=O)NCc2cccnc2)c2ccccc21. The first-order chi connectivity index (χ1) is 11.1. The van der Waals surface area contributed by atoms with Crippen LogP contribution in [0.3, 0.4) is 0 Å². The number of benzene rings is 1. The summed E-state index contributed by atoms with van der Waals surface area (Å²) in [5.74, 6) is 0.0283. The quantitative estimate of drug-likeness (QED) is 0.784. The highest BCUT2D eigenvalue weighted by atomic mass is 16.1. The molecule has 3 aromatic rings. The second-order valence-corrected chi connectivity index (χ2v) is 5.99. The largest absolute Gasteiger partial charge is 0.352 e. The molecule has 2 heterocycles. The van der Waals surface area contributed by atoms with Gasteiger partial charge in [-0.25, -0.2) is 0 Å². The Morgan fingerprint density at radius 1 is 1.22 bits per heavy atom. The van der Waals surface area contributed by atoms with Crippen LogP contribution in [0, 0.1) is 0 Å². The lowest BCUT2D eigenvalue weighted by molar-refractivity contribution is -0.120. The number of carbonyl (C=O) groups excluding carboxylic acids is 1. The van der Waals surface area contributed by atoms with Crippen molar-refractivity contribution in [3.63, 3.8) is 0 Å². The van der Waals surface area contributed by atoms with Gasteiger partial charge in [0.15, 0.2) is 0 Å². The molecule has 0 atom stereocenters. The van der Waals surface area contributed by atoms with E-state index < -0.39 is 0 Å². The predicted octanol–water partition coefficient (Wildman–Crippen LogP) is 3.48. The Morgan fingerprint density at radius 3 is 2.78 bits per heavy atom. The van der Waals surface area contributed by atoms with Crippen molar-refractivity contribution in [2.75, 3.05) is 0 Å². The van der Waals surface area contributed by atoms with Gasteiger partial charge < -0.3 is 9.88 Å². The van der Waals surface area contributed by atoms with Gasteiger partial charge in [-0.15, -0.1) is 0 Å². The molecule has 4 nitrogen and oxygen atoms in total. The van der Waals surface area contributed by atoms with Crippen LogP contribution < -0.4 is 5.32 Å². The molecule has 2 aromatic heterocycles. The Kier molecular flexibility index (Phi) is 4.42. The maximum atomic E-state index is 12.3. The van der Waals surface area contributed by atoms with E-state index in [1.807, 2.05) is 24.3 Å². The zero-order valence-corrected chi connectivity index (χ0v) is 13.5. The number of fused-ring (bicyclic) bond motifs is 1. The average molecular weight is 307 g/mol. The van der Waals surface area contributed by atoms with Crippen LogP contribution in [0.25, 0.3) is 10.9 Å². The van der Waals surface area contributed by atoms with Crippen molar-refractivity contribution in [1.29, 1.82) is 0 Å². The first kappa shape index (κ1) is 15.3. The predicted molar refractivity (Wildman–Crippen MR) is 92.1 cm³/mol. The molecule has 0 spiro atoms. The fourth-order valence-electron chi connectivity index (χ4n) is 2.78. The molecule has 0 aliphatic heterocycles. The summed E-state index contributed by atoms with van der Waals surface area (Å²) in [4.78, 5) is 16.3. The summed E-state index contributed by atoms with van der Waals surface area (Å²) in [6, 6.07) is 12.4. The molecule has 0 aliphatic carbocycles. The molecule has 1 aromatic carbocycles. The monoisotopic (exact) mass is 307 g/mol. The molecular weight excluding hydrogens is 286 g/mol. The third kappa shape index (κ3) is 3.42. The Bertz CT molecular complexity index is 806. The van der Waals surface area contributed by atoms with Crippen molar-refractivity contribution in [2.45, 2.75) is 32.9 Å². The average Bonchev–Trinajstić information content (AvgIpc) is 2.93. The fraction of sp³-hybridized carbons (Fsp3) is 0.263. The van der Waals surface area contributed by atoms with Gasteiger partial charge >= 0.3 is 0 Å². The first-order valence-corrected chi connectivity index (χ1v) is 7.89. The molecule has 23 heavy (non-hydrogen) atoms. The van der Waals surface area contributed by atoms with Crippen molar-refractivity contribution in [3.8, 4) is 0 Å². The maximum absolute atomic E-state index is 12.3. The van der Waals surface area contributed by atoms with Gasteiger partial charge in [0.1, 0.15) is 0 Å². The Morgan fingerprint density at radius 2 is 2.04 bits per heavy atom. The molecule has 1 N–H and O–H groups in total. The minimum Gasteiger partial charge on any atom is -0.352 e. The molecular formula is C19H21N3O. The van der Waals surface area contributed by atoms with Crippen molar-refractivity contribution in [1.82, 2.24) is 14.9 Å². The van der Waals surface area contributed by atoms with Gasteiger partial charge in [0.2, 0.25) is 5.91 Å². The van der Waals surface area contributed by atoms with Crippen molar-refractivity contribution in [3.05, 3.63) is 66.1 Å². The molecule has 0 fully saturated rings. The summed E-state index contributed by atoms with van der Waals surface area (Å²) < 4.78 is 2.22. The van der Waals surface area contributed by atoms with E-state index in [4.69, 9.17) is 0 Å². The summed E-state index contributed by atoms with van der Waals surface area (Å²) in [5, 5.41) is 4.11. The lowest BCUT2D eigenvalue weighted by Crippen LogP contribution is -2.24.